The maximum Gasteiger partial charge on any atom is 0.495 e. The summed E-state index contributed by atoms with van der Waals surface area (Å²) in [6, 6.07) is 10.7. The van der Waals surface area contributed by atoms with Crippen LogP contribution in [0.5, 0.6) is 0 Å². The van der Waals surface area contributed by atoms with Gasteiger partial charge in [0.25, 0.3) is 0 Å². The molecule has 2 heterocycles. The van der Waals surface area contributed by atoms with E-state index < -0.39 is 0 Å². The van der Waals surface area contributed by atoms with Crippen LogP contribution in [-0.4, -0.2) is 18.3 Å². The molecule has 1 fully saturated rings. The van der Waals surface area contributed by atoms with Crippen LogP contribution in [0, 0.1) is 0 Å². The number of hydrogen-bond donors (Lipinski definition) is 0. The fourth-order valence-corrected chi connectivity index (χ4v) is 4.30. The van der Waals surface area contributed by atoms with Crippen molar-refractivity contribution in [3.8, 4) is 0 Å². The van der Waals surface area contributed by atoms with Crippen LogP contribution in [-0.2, 0) is 9.31 Å². The number of benzene rings is 2. The molecular formula is C20H21BO2S. The molecule has 0 bridgehead atoms. The molecule has 24 heavy (non-hydrogen) atoms. The standard InChI is InChI=1S/C20H21BO2S/c1-6-13-12-24-18-15-10-8-7-9-14(15)17(11-16(13)18)21-22-19(2,3)20(4,5)23-21/h6-12H,1H2,2-5H3. The summed E-state index contributed by atoms with van der Waals surface area (Å²) in [5.41, 5.74) is 1.57. The first kappa shape index (κ1) is 15.9. The molecule has 0 saturated carbocycles. The molecule has 0 aliphatic carbocycles. The van der Waals surface area contributed by atoms with Crippen molar-refractivity contribution in [2.24, 2.45) is 0 Å². The Balaban J connectivity index is 1.99. The van der Waals surface area contributed by atoms with Crippen molar-refractivity contribution in [2.75, 3.05) is 0 Å². The molecule has 0 atom stereocenters. The van der Waals surface area contributed by atoms with Crippen LogP contribution in [0.4, 0.5) is 0 Å². The first-order chi connectivity index (χ1) is 11.3. The Kier molecular flexibility index (Phi) is 3.43. The molecule has 0 amide bonds. The highest BCUT2D eigenvalue weighted by molar-refractivity contribution is 7.18. The quantitative estimate of drug-likeness (QED) is 0.613. The van der Waals surface area contributed by atoms with Gasteiger partial charge in [0.1, 0.15) is 0 Å². The van der Waals surface area contributed by atoms with Crippen molar-refractivity contribution in [1.82, 2.24) is 0 Å². The highest BCUT2D eigenvalue weighted by Gasteiger charge is 2.52. The van der Waals surface area contributed by atoms with Gasteiger partial charge in [-0.2, -0.15) is 0 Å². The predicted molar refractivity (Wildman–Crippen MR) is 105 cm³/mol. The van der Waals surface area contributed by atoms with Crippen molar-refractivity contribution in [2.45, 2.75) is 38.9 Å². The van der Waals surface area contributed by atoms with Crippen LogP contribution < -0.4 is 5.46 Å². The van der Waals surface area contributed by atoms with E-state index in [0.29, 0.717) is 0 Å². The summed E-state index contributed by atoms with van der Waals surface area (Å²) < 4.78 is 13.9. The third-order valence-corrected chi connectivity index (χ3v) is 6.42. The maximum atomic E-state index is 6.31. The topological polar surface area (TPSA) is 18.5 Å². The fraction of sp³-hybridized carbons (Fsp3) is 0.300. The van der Waals surface area contributed by atoms with E-state index in [9.17, 15) is 0 Å². The van der Waals surface area contributed by atoms with Crippen molar-refractivity contribution < 1.29 is 9.31 Å². The van der Waals surface area contributed by atoms with Crippen molar-refractivity contribution in [1.29, 1.82) is 0 Å². The molecule has 0 radical (unpaired) electrons. The summed E-state index contributed by atoms with van der Waals surface area (Å²) in [7, 11) is -0.359. The Labute approximate surface area is 147 Å². The molecule has 2 aromatic carbocycles. The summed E-state index contributed by atoms with van der Waals surface area (Å²) in [6.45, 7) is 12.3. The van der Waals surface area contributed by atoms with Crippen LogP contribution in [0.3, 0.4) is 0 Å². The van der Waals surface area contributed by atoms with Gasteiger partial charge in [0, 0.05) is 4.70 Å². The molecule has 2 nitrogen and oxygen atoms in total. The van der Waals surface area contributed by atoms with Crippen molar-refractivity contribution in [3.63, 3.8) is 0 Å². The van der Waals surface area contributed by atoms with Gasteiger partial charge >= 0.3 is 7.12 Å². The normalized spacial score (nSPS) is 19.2. The fourth-order valence-electron chi connectivity index (χ4n) is 3.23. The zero-order valence-electron chi connectivity index (χ0n) is 14.6. The Morgan fingerprint density at radius 2 is 1.62 bits per heavy atom. The van der Waals surface area contributed by atoms with E-state index >= 15 is 0 Å². The van der Waals surface area contributed by atoms with E-state index in [1.165, 1.54) is 26.4 Å². The van der Waals surface area contributed by atoms with Crippen LogP contribution in [0.1, 0.15) is 33.3 Å². The Hall–Kier alpha value is -1.62. The zero-order chi connectivity index (χ0) is 17.1. The molecule has 1 aromatic heterocycles. The lowest BCUT2D eigenvalue weighted by Crippen LogP contribution is -2.41. The third kappa shape index (κ3) is 2.17. The van der Waals surface area contributed by atoms with E-state index in [1.54, 1.807) is 11.3 Å². The molecule has 4 heteroatoms. The van der Waals surface area contributed by atoms with Gasteiger partial charge in [0.15, 0.2) is 0 Å². The van der Waals surface area contributed by atoms with E-state index in [2.05, 4.69) is 70.0 Å². The van der Waals surface area contributed by atoms with Crippen LogP contribution in [0.2, 0.25) is 0 Å². The summed E-state index contributed by atoms with van der Waals surface area (Å²) >= 11 is 1.77. The lowest BCUT2D eigenvalue weighted by Gasteiger charge is -2.32. The van der Waals surface area contributed by atoms with Gasteiger partial charge in [0.05, 0.1) is 11.2 Å². The van der Waals surface area contributed by atoms with Crippen LogP contribution in [0.15, 0.2) is 42.3 Å². The van der Waals surface area contributed by atoms with Gasteiger partial charge in [0.2, 0.25) is 0 Å². The lowest BCUT2D eigenvalue weighted by molar-refractivity contribution is 0.00578. The summed E-state index contributed by atoms with van der Waals surface area (Å²) in [5, 5.41) is 5.83. The van der Waals surface area contributed by atoms with Gasteiger partial charge in [-0.25, -0.2) is 0 Å². The van der Waals surface area contributed by atoms with Crippen molar-refractivity contribution in [3.05, 3.63) is 47.9 Å². The lowest BCUT2D eigenvalue weighted by atomic mass is 9.75. The molecule has 122 valence electrons. The summed E-state index contributed by atoms with van der Waals surface area (Å²) in [4.78, 5) is 0. The van der Waals surface area contributed by atoms with Gasteiger partial charge in [-0.05, 0) is 60.3 Å². The molecule has 1 aliphatic heterocycles. The molecule has 0 spiro atoms. The van der Waals surface area contributed by atoms with Gasteiger partial charge in [-0.3, -0.25) is 0 Å². The summed E-state index contributed by atoms with van der Waals surface area (Å²) in [6.07, 6.45) is 1.92. The molecule has 1 saturated heterocycles. The average Bonchev–Trinajstić information content (AvgIpc) is 3.04. The molecule has 3 aromatic rings. The van der Waals surface area contributed by atoms with E-state index in [1.807, 2.05) is 6.08 Å². The van der Waals surface area contributed by atoms with E-state index in [0.717, 1.165) is 5.46 Å². The number of fused-ring (bicyclic) bond motifs is 3. The average molecular weight is 336 g/mol. The number of thiophene rings is 1. The molecule has 1 aliphatic rings. The van der Waals surface area contributed by atoms with Crippen molar-refractivity contribution >= 4 is 50.9 Å². The minimum Gasteiger partial charge on any atom is -0.399 e. The van der Waals surface area contributed by atoms with Gasteiger partial charge in [-0.1, -0.05) is 43.0 Å². The second-order valence-electron chi connectivity index (χ2n) is 7.37. The molecule has 0 unspecified atom stereocenters. The summed E-state index contributed by atoms with van der Waals surface area (Å²) in [5.74, 6) is 0. The third-order valence-electron chi connectivity index (χ3n) is 5.37. The predicted octanol–water partition coefficient (Wildman–Crippen LogP) is 5.00. The Morgan fingerprint density at radius 1 is 1.00 bits per heavy atom. The first-order valence-electron chi connectivity index (χ1n) is 8.25. The molecule has 0 N–H and O–H groups in total. The largest absolute Gasteiger partial charge is 0.495 e. The second kappa shape index (κ2) is 5.19. The minimum atomic E-state index is -0.359. The van der Waals surface area contributed by atoms with E-state index in [4.69, 9.17) is 9.31 Å². The first-order valence-corrected chi connectivity index (χ1v) is 9.13. The molecular weight excluding hydrogens is 315 g/mol. The zero-order valence-corrected chi connectivity index (χ0v) is 15.4. The van der Waals surface area contributed by atoms with E-state index in [-0.39, 0.29) is 18.3 Å². The number of rotatable bonds is 2. The monoisotopic (exact) mass is 336 g/mol. The van der Waals surface area contributed by atoms with Gasteiger partial charge in [-0.15, -0.1) is 11.3 Å². The Bertz CT molecular complexity index is 939. The molecule has 4 rings (SSSR count). The highest BCUT2D eigenvalue weighted by atomic mass is 32.1. The minimum absolute atomic E-state index is 0.344. The maximum absolute atomic E-state index is 6.31. The SMILES string of the molecule is C=Cc1csc2c1cc(B1OC(C)(C)C(C)(C)O1)c1ccccc12. The Morgan fingerprint density at radius 3 is 2.25 bits per heavy atom. The highest BCUT2D eigenvalue weighted by Crippen LogP contribution is 2.39. The van der Waals surface area contributed by atoms with Crippen LogP contribution in [0.25, 0.3) is 26.9 Å². The van der Waals surface area contributed by atoms with Crippen LogP contribution >= 0.6 is 11.3 Å². The van der Waals surface area contributed by atoms with Gasteiger partial charge < -0.3 is 9.31 Å². The number of hydrogen-bond acceptors (Lipinski definition) is 3. The smallest absolute Gasteiger partial charge is 0.399 e. The second-order valence-corrected chi connectivity index (χ2v) is 8.25.